The summed E-state index contributed by atoms with van der Waals surface area (Å²) >= 11 is 3.34. The quantitative estimate of drug-likeness (QED) is 0.855. The lowest BCUT2D eigenvalue weighted by Crippen LogP contribution is -2.31. The van der Waals surface area contributed by atoms with Crippen LogP contribution in [0, 0.1) is 0 Å². The Morgan fingerprint density at radius 2 is 2.27 bits per heavy atom. The van der Waals surface area contributed by atoms with Gasteiger partial charge in [-0.3, -0.25) is 4.79 Å². The van der Waals surface area contributed by atoms with Gasteiger partial charge in [-0.05, 0) is 12.1 Å². The summed E-state index contributed by atoms with van der Waals surface area (Å²) < 4.78 is 0.894. The third-order valence-electron chi connectivity index (χ3n) is 2.02. The van der Waals surface area contributed by atoms with Crippen molar-refractivity contribution >= 4 is 27.5 Å². The highest BCUT2D eigenvalue weighted by molar-refractivity contribution is 9.10. The first-order chi connectivity index (χ1) is 7.04. The lowest BCUT2D eigenvalue weighted by Gasteiger charge is -2.20. The highest BCUT2D eigenvalue weighted by Crippen LogP contribution is 2.24. The fourth-order valence-corrected chi connectivity index (χ4v) is 1.69. The molecule has 0 aliphatic heterocycles. The summed E-state index contributed by atoms with van der Waals surface area (Å²) in [5, 5.41) is 9.13. The molecule has 0 bridgehead atoms. The van der Waals surface area contributed by atoms with Crippen molar-refractivity contribution in [1.82, 2.24) is 0 Å². The lowest BCUT2D eigenvalue weighted by molar-refractivity contribution is -0.116. The summed E-state index contributed by atoms with van der Waals surface area (Å²) in [5.74, 6) is -0.402. The number of rotatable bonds is 4. The van der Waals surface area contributed by atoms with Gasteiger partial charge in [-0.15, -0.1) is 0 Å². The molecule has 0 fully saturated rings. The Bertz CT molecular complexity index is 368. The van der Waals surface area contributed by atoms with Gasteiger partial charge in [0.25, 0.3) is 0 Å². The second kappa shape index (κ2) is 5.14. The number of likely N-dealkylation sites (N-methyl/N-ethyl adjacent to an activating group) is 1. The number of nitrogens with zero attached hydrogens (tertiary/aromatic N) is 1. The fourth-order valence-electron chi connectivity index (χ4n) is 1.34. The molecular formula is C10H13BrN2O2. The summed E-state index contributed by atoms with van der Waals surface area (Å²) in [4.78, 5) is 12.5. The Hall–Kier alpha value is -1.07. The van der Waals surface area contributed by atoms with E-state index in [1.54, 1.807) is 18.0 Å². The van der Waals surface area contributed by atoms with Gasteiger partial charge in [-0.2, -0.15) is 0 Å². The van der Waals surface area contributed by atoms with Crippen molar-refractivity contribution in [2.75, 3.05) is 18.5 Å². The minimum atomic E-state index is -0.402. The highest BCUT2D eigenvalue weighted by atomic mass is 79.9. The topological polar surface area (TPSA) is 66.6 Å². The lowest BCUT2D eigenvalue weighted by atomic mass is 10.1. The second-order valence-corrected chi connectivity index (χ2v) is 4.17. The smallest absolute Gasteiger partial charge is 0.236 e. The number of amides is 1. The van der Waals surface area contributed by atoms with Gasteiger partial charge >= 0.3 is 0 Å². The van der Waals surface area contributed by atoms with Crippen molar-refractivity contribution in [1.29, 1.82) is 0 Å². The Morgan fingerprint density at radius 3 is 2.80 bits per heavy atom. The van der Waals surface area contributed by atoms with E-state index in [0.717, 1.165) is 15.7 Å². The largest absolute Gasteiger partial charge is 0.392 e. The van der Waals surface area contributed by atoms with Gasteiger partial charge in [-0.25, -0.2) is 0 Å². The Morgan fingerprint density at radius 1 is 1.60 bits per heavy atom. The third kappa shape index (κ3) is 3.21. The molecule has 1 aromatic rings. The molecule has 0 atom stereocenters. The van der Waals surface area contributed by atoms with Crippen molar-refractivity contribution in [3.8, 4) is 0 Å². The van der Waals surface area contributed by atoms with Gasteiger partial charge in [0.2, 0.25) is 5.91 Å². The molecule has 15 heavy (non-hydrogen) atoms. The number of hydrogen-bond acceptors (Lipinski definition) is 3. The Kier molecular flexibility index (Phi) is 4.11. The first-order valence-corrected chi connectivity index (χ1v) is 5.22. The van der Waals surface area contributed by atoms with Crippen LogP contribution in [-0.2, 0) is 11.4 Å². The molecule has 1 aromatic carbocycles. The van der Waals surface area contributed by atoms with Gasteiger partial charge in [0, 0.05) is 22.8 Å². The molecule has 4 nitrogen and oxygen atoms in total. The Balaban J connectivity index is 2.99. The van der Waals surface area contributed by atoms with E-state index in [1.807, 2.05) is 12.1 Å². The van der Waals surface area contributed by atoms with E-state index in [-0.39, 0.29) is 13.2 Å². The summed E-state index contributed by atoms with van der Waals surface area (Å²) in [6, 6.07) is 5.48. The zero-order chi connectivity index (χ0) is 11.4. The molecule has 1 amide bonds. The first kappa shape index (κ1) is 12.0. The molecule has 0 saturated heterocycles. The van der Waals surface area contributed by atoms with Crippen LogP contribution in [0.2, 0.25) is 0 Å². The molecule has 0 heterocycles. The maximum absolute atomic E-state index is 10.8. The molecule has 0 unspecified atom stereocenters. The first-order valence-electron chi connectivity index (χ1n) is 4.43. The number of hydrogen-bond donors (Lipinski definition) is 2. The summed E-state index contributed by atoms with van der Waals surface area (Å²) in [6.07, 6.45) is 0. The van der Waals surface area contributed by atoms with Gasteiger partial charge in [0.05, 0.1) is 13.2 Å². The molecule has 1 rings (SSSR count). The number of carbonyl (C=O) groups is 1. The second-order valence-electron chi connectivity index (χ2n) is 3.25. The molecule has 0 radical (unpaired) electrons. The fraction of sp³-hybridized carbons (Fsp3) is 0.300. The zero-order valence-corrected chi connectivity index (χ0v) is 9.99. The van der Waals surface area contributed by atoms with Crippen molar-refractivity contribution in [2.24, 2.45) is 5.73 Å². The molecule has 0 spiro atoms. The number of carbonyl (C=O) groups excluding carboxylic acids is 1. The molecule has 0 aromatic heterocycles. The molecule has 82 valence electrons. The van der Waals surface area contributed by atoms with Crippen LogP contribution < -0.4 is 10.6 Å². The van der Waals surface area contributed by atoms with Gasteiger partial charge in [0.15, 0.2) is 0 Å². The number of nitrogens with two attached hydrogens (primary N) is 1. The van der Waals surface area contributed by atoms with E-state index in [9.17, 15) is 4.79 Å². The highest BCUT2D eigenvalue weighted by Gasteiger charge is 2.09. The van der Waals surface area contributed by atoms with E-state index < -0.39 is 5.91 Å². The average molecular weight is 273 g/mol. The van der Waals surface area contributed by atoms with Crippen LogP contribution >= 0.6 is 15.9 Å². The number of aliphatic hydroxyl groups is 1. The average Bonchev–Trinajstić information content (AvgIpc) is 2.16. The monoisotopic (exact) mass is 272 g/mol. The number of halogens is 1. The minimum absolute atomic E-state index is 0.0638. The van der Waals surface area contributed by atoms with Gasteiger partial charge in [0.1, 0.15) is 0 Å². The standard InChI is InChI=1S/C10H13BrN2O2/c1-13(5-10(12)15)9-4-8(11)3-2-7(9)6-14/h2-4,14H,5-6H2,1H3,(H2,12,15). The van der Waals surface area contributed by atoms with Crippen LogP contribution in [0.15, 0.2) is 22.7 Å². The maximum Gasteiger partial charge on any atom is 0.236 e. The van der Waals surface area contributed by atoms with E-state index in [2.05, 4.69) is 15.9 Å². The predicted octanol–water partition coefficient (Wildman–Crippen LogP) is 0.863. The molecule has 0 saturated carbocycles. The zero-order valence-electron chi connectivity index (χ0n) is 8.40. The maximum atomic E-state index is 10.8. The van der Waals surface area contributed by atoms with Crippen molar-refractivity contribution < 1.29 is 9.90 Å². The third-order valence-corrected chi connectivity index (χ3v) is 2.52. The molecule has 0 aliphatic rings. The van der Waals surface area contributed by atoms with Crippen molar-refractivity contribution in [2.45, 2.75) is 6.61 Å². The van der Waals surface area contributed by atoms with Crippen LogP contribution in [0.1, 0.15) is 5.56 Å². The van der Waals surface area contributed by atoms with Crippen molar-refractivity contribution in [3.63, 3.8) is 0 Å². The number of benzene rings is 1. The van der Waals surface area contributed by atoms with Gasteiger partial charge < -0.3 is 15.7 Å². The molecule has 3 N–H and O–H groups in total. The summed E-state index contributed by atoms with van der Waals surface area (Å²) in [5.41, 5.74) is 6.67. The normalized spacial score (nSPS) is 10.1. The van der Waals surface area contributed by atoms with Crippen LogP contribution in [0.25, 0.3) is 0 Å². The minimum Gasteiger partial charge on any atom is -0.392 e. The summed E-state index contributed by atoms with van der Waals surface area (Å²) in [7, 11) is 1.76. The van der Waals surface area contributed by atoms with Crippen LogP contribution in [-0.4, -0.2) is 24.6 Å². The van der Waals surface area contributed by atoms with E-state index >= 15 is 0 Å². The van der Waals surface area contributed by atoms with E-state index in [4.69, 9.17) is 10.8 Å². The number of anilines is 1. The molecule has 5 heteroatoms. The van der Waals surface area contributed by atoms with Crippen molar-refractivity contribution in [3.05, 3.63) is 28.2 Å². The van der Waals surface area contributed by atoms with E-state index in [0.29, 0.717) is 0 Å². The van der Waals surface area contributed by atoms with Gasteiger partial charge in [-0.1, -0.05) is 22.0 Å². The number of aliphatic hydroxyl groups excluding tert-OH is 1. The molecular weight excluding hydrogens is 260 g/mol. The Labute approximate surface area is 96.8 Å². The van der Waals surface area contributed by atoms with E-state index in [1.165, 1.54) is 0 Å². The van der Waals surface area contributed by atoms with Crippen LogP contribution in [0.4, 0.5) is 5.69 Å². The van der Waals surface area contributed by atoms with Crippen LogP contribution in [0.5, 0.6) is 0 Å². The SMILES string of the molecule is CN(CC(N)=O)c1cc(Br)ccc1CO. The summed E-state index contributed by atoms with van der Waals surface area (Å²) in [6.45, 7) is 0.0647. The molecule has 0 aliphatic carbocycles. The number of primary amides is 1. The van der Waals surface area contributed by atoms with Crippen LogP contribution in [0.3, 0.4) is 0 Å². The predicted molar refractivity (Wildman–Crippen MR) is 62.5 cm³/mol.